The van der Waals surface area contributed by atoms with Crippen LogP contribution in [0.1, 0.15) is 129 Å². The molecule has 0 saturated heterocycles. The SMILES string of the molecule is Cc1ccccc1-c1cc2c3c(c1)-n1c4ccc(C56CCCC(CCC5)C6)cc4c4cc(C56CCCC(CCC5)C6)cc(c41)B3N1c3ccccc3C3(c4ccccc4-c4ccccc43)c3cccc-2c31. The van der Waals surface area contributed by atoms with E-state index in [0.717, 1.165) is 11.8 Å². The van der Waals surface area contributed by atoms with Crippen LogP contribution in [0.5, 0.6) is 0 Å². The van der Waals surface area contributed by atoms with Crippen LogP contribution in [0.4, 0.5) is 11.4 Å². The van der Waals surface area contributed by atoms with Crippen LogP contribution >= 0.6 is 0 Å². The van der Waals surface area contributed by atoms with Crippen LogP contribution in [0.3, 0.4) is 0 Å². The second-order valence-electron chi connectivity index (χ2n) is 23.9. The molecule has 3 aliphatic heterocycles. The highest BCUT2D eigenvalue weighted by atomic mass is 15.1. The fourth-order valence-corrected chi connectivity index (χ4v) is 17.9. The number of rotatable bonds is 3. The zero-order valence-corrected chi connectivity index (χ0v) is 41.0. The molecule has 0 amide bonds. The maximum absolute atomic E-state index is 2.88. The van der Waals surface area contributed by atoms with Gasteiger partial charge in [-0.3, -0.25) is 0 Å². The molecule has 4 fully saturated rings. The maximum Gasteiger partial charge on any atom is 0.333 e. The van der Waals surface area contributed by atoms with Gasteiger partial charge in [-0.05, 0) is 182 Å². The number of nitrogens with zero attached hydrogens (tertiary/aromatic N) is 2. The lowest BCUT2D eigenvalue weighted by Gasteiger charge is -2.51. The minimum Gasteiger partial charge on any atom is -0.376 e. The van der Waals surface area contributed by atoms with E-state index in [0.29, 0.717) is 5.41 Å². The molecule has 0 unspecified atom stereocenters. The highest BCUT2D eigenvalue weighted by Gasteiger charge is 2.56. The molecule has 0 atom stereocenters. The molecule has 2 nitrogen and oxygen atoms in total. The minimum atomic E-state index is -0.467. The van der Waals surface area contributed by atoms with Crippen molar-refractivity contribution in [3.05, 3.63) is 197 Å². The number of fused-ring (bicyclic) bond motifs is 20. The van der Waals surface area contributed by atoms with Crippen molar-refractivity contribution in [2.45, 2.75) is 113 Å². The van der Waals surface area contributed by atoms with Crippen molar-refractivity contribution in [3.8, 4) is 39.1 Å². The Balaban J connectivity index is 1.02. The number of hydrogen-bond acceptors (Lipinski definition) is 1. The molecule has 0 radical (unpaired) electrons. The van der Waals surface area contributed by atoms with Gasteiger partial charge in [0.05, 0.1) is 16.4 Å². The van der Waals surface area contributed by atoms with Gasteiger partial charge in [0.2, 0.25) is 0 Å². The van der Waals surface area contributed by atoms with Gasteiger partial charge in [0.1, 0.15) is 0 Å². The summed E-state index contributed by atoms with van der Waals surface area (Å²) >= 11 is 0. The second-order valence-corrected chi connectivity index (χ2v) is 23.9. The summed E-state index contributed by atoms with van der Waals surface area (Å²) in [5.74, 6) is 1.73. The molecular weight excluding hydrogens is 856 g/mol. The summed E-state index contributed by atoms with van der Waals surface area (Å²) < 4.78 is 2.78. The lowest BCUT2D eigenvalue weighted by Crippen LogP contribution is -2.62. The summed E-state index contributed by atoms with van der Waals surface area (Å²) in [5.41, 5.74) is 28.1. The molecule has 4 heterocycles. The number of aromatic nitrogens is 1. The van der Waals surface area contributed by atoms with Crippen molar-refractivity contribution in [3.63, 3.8) is 0 Å². The molecule has 8 aliphatic rings. The number of para-hydroxylation sites is 2. The Bertz CT molecular complexity index is 3750. The first-order valence-electron chi connectivity index (χ1n) is 27.6. The molecular formula is C68H59BN2. The molecule has 1 aromatic heterocycles. The van der Waals surface area contributed by atoms with Crippen molar-refractivity contribution in [2.75, 3.05) is 4.81 Å². The molecule has 8 aromatic carbocycles. The van der Waals surface area contributed by atoms with E-state index in [2.05, 4.69) is 174 Å². The van der Waals surface area contributed by atoms with E-state index in [1.165, 1.54) is 201 Å². The minimum absolute atomic E-state index is 0.0147. The zero-order chi connectivity index (χ0) is 46.4. The number of anilines is 2. The topological polar surface area (TPSA) is 8.17 Å². The van der Waals surface area contributed by atoms with Gasteiger partial charge < -0.3 is 9.38 Å². The average Bonchev–Trinajstić information content (AvgIpc) is 3.91. The summed E-state index contributed by atoms with van der Waals surface area (Å²) in [6.45, 7) is 2.28. The quantitative estimate of drug-likeness (QED) is 0.160. The zero-order valence-electron chi connectivity index (χ0n) is 41.0. The first-order valence-corrected chi connectivity index (χ1v) is 27.6. The van der Waals surface area contributed by atoms with Gasteiger partial charge >= 0.3 is 6.85 Å². The fourth-order valence-electron chi connectivity index (χ4n) is 17.9. The van der Waals surface area contributed by atoms with Gasteiger partial charge in [-0.2, -0.15) is 0 Å². The first-order chi connectivity index (χ1) is 35.0. The molecule has 4 bridgehead atoms. The van der Waals surface area contributed by atoms with Crippen LogP contribution < -0.4 is 15.7 Å². The van der Waals surface area contributed by atoms with Crippen LogP contribution in [0.15, 0.2) is 158 Å². The Labute approximate surface area is 418 Å². The van der Waals surface area contributed by atoms with Gasteiger partial charge in [-0.15, -0.1) is 0 Å². The Morgan fingerprint density at radius 2 is 1.07 bits per heavy atom. The summed E-state index contributed by atoms with van der Waals surface area (Å²) in [7, 11) is 0. The molecule has 1 spiro atoms. The predicted octanol–water partition coefficient (Wildman–Crippen LogP) is 15.9. The molecule has 3 heteroatoms. The first kappa shape index (κ1) is 40.1. The third kappa shape index (κ3) is 5.02. The Morgan fingerprint density at radius 3 is 1.77 bits per heavy atom. The number of hydrogen-bond donors (Lipinski definition) is 0. The lowest BCUT2D eigenvalue weighted by atomic mass is 9.42. The third-order valence-corrected chi connectivity index (χ3v) is 20.7. The average molecular weight is 915 g/mol. The summed E-state index contributed by atoms with van der Waals surface area (Å²) in [5, 5.41) is 2.97. The monoisotopic (exact) mass is 914 g/mol. The van der Waals surface area contributed by atoms with Crippen molar-refractivity contribution >= 4 is 51.0 Å². The van der Waals surface area contributed by atoms with Crippen LogP contribution in [-0.4, -0.2) is 11.4 Å². The van der Waals surface area contributed by atoms with Crippen LogP contribution in [0, 0.1) is 18.8 Å². The van der Waals surface area contributed by atoms with Gasteiger partial charge in [0.25, 0.3) is 0 Å². The van der Waals surface area contributed by atoms with Gasteiger partial charge in [-0.25, -0.2) is 0 Å². The van der Waals surface area contributed by atoms with Gasteiger partial charge in [0, 0.05) is 33.4 Å². The summed E-state index contributed by atoms with van der Waals surface area (Å²) in [4.78, 5) is 2.88. The molecule has 344 valence electrons. The largest absolute Gasteiger partial charge is 0.376 e. The van der Waals surface area contributed by atoms with Gasteiger partial charge in [-0.1, -0.05) is 173 Å². The molecule has 17 rings (SSSR count). The Kier molecular flexibility index (Phi) is 7.95. The van der Waals surface area contributed by atoms with E-state index in [1.807, 2.05) is 0 Å². The highest BCUT2D eigenvalue weighted by Crippen LogP contribution is 2.65. The van der Waals surface area contributed by atoms with E-state index in [1.54, 1.807) is 11.1 Å². The van der Waals surface area contributed by atoms with E-state index in [4.69, 9.17) is 0 Å². The van der Waals surface area contributed by atoms with Crippen LogP contribution in [0.25, 0.3) is 60.9 Å². The normalized spacial score (nSPS) is 24.4. The van der Waals surface area contributed by atoms with E-state index in [9.17, 15) is 0 Å². The standard InChI is InChI=1S/C68H59BN2/c1-42-15-2-3-20-48(42)45-35-53-51-23-10-27-58-64(51)71(61-28-9-8-26-57(61)68(58)55-24-6-4-21-49(55)50-22-5-7-25-56(50)68)69-59-39-47(67-33-13-18-44(41-67)19-14-34-67)38-54-52-37-46(66-31-11-16-43(40-66)17-12-32-66)29-30-60(52)70(65(54)59)62(36-45)63(53)69/h2-10,15,20-30,35-39,43-44H,11-14,16-19,31-34,40-41H2,1H3. The van der Waals surface area contributed by atoms with Crippen molar-refractivity contribution < 1.29 is 0 Å². The van der Waals surface area contributed by atoms with Crippen molar-refractivity contribution in [1.29, 1.82) is 0 Å². The molecule has 5 aliphatic carbocycles. The van der Waals surface area contributed by atoms with Crippen molar-refractivity contribution in [1.82, 2.24) is 4.57 Å². The van der Waals surface area contributed by atoms with E-state index < -0.39 is 5.41 Å². The predicted molar refractivity (Wildman–Crippen MR) is 296 cm³/mol. The smallest absolute Gasteiger partial charge is 0.333 e. The molecule has 4 saturated carbocycles. The summed E-state index contributed by atoms with van der Waals surface area (Å²) in [6, 6.07) is 63.5. The number of aryl methyl sites for hydroxylation is 1. The maximum atomic E-state index is 2.88. The molecule has 71 heavy (non-hydrogen) atoms. The van der Waals surface area contributed by atoms with E-state index >= 15 is 0 Å². The summed E-state index contributed by atoms with van der Waals surface area (Å²) in [6.07, 6.45) is 19.2. The lowest BCUT2D eigenvalue weighted by molar-refractivity contribution is 0.149. The van der Waals surface area contributed by atoms with Gasteiger partial charge in [0.15, 0.2) is 0 Å². The van der Waals surface area contributed by atoms with E-state index in [-0.39, 0.29) is 12.3 Å². The molecule has 0 N–H and O–H groups in total. The second kappa shape index (κ2) is 14.1. The highest BCUT2D eigenvalue weighted by molar-refractivity contribution is 6.93. The Morgan fingerprint density at radius 1 is 0.479 bits per heavy atom. The van der Waals surface area contributed by atoms with Crippen LogP contribution in [0.2, 0.25) is 0 Å². The van der Waals surface area contributed by atoms with Crippen molar-refractivity contribution in [2.24, 2.45) is 11.8 Å². The molecule has 9 aromatic rings. The number of benzene rings is 8. The van der Waals surface area contributed by atoms with Crippen LogP contribution in [-0.2, 0) is 16.2 Å². The fraction of sp³-hybridized carbons (Fsp3) is 0.294. The third-order valence-electron chi connectivity index (χ3n) is 20.7. The Hall–Kier alpha value is -6.58.